The molecule has 0 fully saturated rings. The summed E-state index contributed by atoms with van der Waals surface area (Å²) in [4.78, 5) is 11.3. The van der Waals surface area contributed by atoms with Gasteiger partial charge in [0, 0.05) is 12.6 Å². The van der Waals surface area contributed by atoms with Crippen LogP contribution in [0, 0.1) is 0 Å². The Labute approximate surface area is 73.4 Å². The molecule has 0 saturated heterocycles. The number of carbonyl (C=O) groups is 1. The van der Waals surface area contributed by atoms with E-state index in [1.807, 2.05) is 33.0 Å². The van der Waals surface area contributed by atoms with Crippen LogP contribution in [0.3, 0.4) is 0 Å². The smallest absolute Gasteiger partial charge is 0.158 e. The van der Waals surface area contributed by atoms with E-state index in [1.165, 1.54) is 11.1 Å². The van der Waals surface area contributed by atoms with E-state index in [1.54, 1.807) is 0 Å². The third-order valence-corrected chi connectivity index (χ3v) is 2.21. The van der Waals surface area contributed by atoms with Gasteiger partial charge >= 0.3 is 0 Å². The van der Waals surface area contributed by atoms with Crippen LogP contribution in [0.5, 0.6) is 0 Å². The molecule has 2 heteroatoms. The molecule has 0 bridgehead atoms. The van der Waals surface area contributed by atoms with Crippen LogP contribution in [0.2, 0.25) is 0 Å². The van der Waals surface area contributed by atoms with Gasteiger partial charge in [-0.2, -0.15) is 0 Å². The second-order valence-corrected chi connectivity index (χ2v) is 3.14. The molecule has 1 unspecified atom stereocenters. The summed E-state index contributed by atoms with van der Waals surface area (Å²) in [5.74, 6) is 0.248. The van der Waals surface area contributed by atoms with E-state index in [0.29, 0.717) is 6.42 Å². The molecule has 12 heavy (non-hydrogen) atoms. The van der Waals surface area contributed by atoms with E-state index in [4.69, 9.17) is 0 Å². The third-order valence-electron chi connectivity index (χ3n) is 2.21. The standard InChI is InChI=1S/C10H15NO/c1-4-10(12)9-5-7(2)8(3)6-11-9/h5-6,9,11H,4H2,1-3H3. The highest BCUT2D eigenvalue weighted by molar-refractivity contribution is 5.86. The first kappa shape index (κ1) is 9.04. The second-order valence-electron chi connectivity index (χ2n) is 3.14. The lowest BCUT2D eigenvalue weighted by atomic mass is 10.0. The number of carbonyl (C=O) groups excluding carboxylic acids is 1. The van der Waals surface area contributed by atoms with Crippen LogP contribution < -0.4 is 5.32 Å². The van der Waals surface area contributed by atoms with Crippen LogP contribution in [0.1, 0.15) is 27.2 Å². The average Bonchev–Trinajstić information content (AvgIpc) is 2.08. The van der Waals surface area contributed by atoms with Gasteiger partial charge in [-0.15, -0.1) is 0 Å². The van der Waals surface area contributed by atoms with Crippen molar-refractivity contribution in [3.8, 4) is 0 Å². The molecule has 0 aromatic carbocycles. The van der Waals surface area contributed by atoms with Gasteiger partial charge in [0.25, 0.3) is 0 Å². The molecule has 0 aromatic heterocycles. The third kappa shape index (κ3) is 1.76. The molecule has 0 spiro atoms. The summed E-state index contributed by atoms with van der Waals surface area (Å²) >= 11 is 0. The predicted octanol–water partition coefficient (Wildman–Crippen LogP) is 1.79. The van der Waals surface area contributed by atoms with E-state index in [9.17, 15) is 4.79 Å². The molecular weight excluding hydrogens is 150 g/mol. The van der Waals surface area contributed by atoms with Gasteiger partial charge in [-0.25, -0.2) is 0 Å². The fraction of sp³-hybridized carbons (Fsp3) is 0.500. The maximum atomic E-state index is 11.3. The summed E-state index contributed by atoms with van der Waals surface area (Å²) < 4.78 is 0. The maximum absolute atomic E-state index is 11.3. The number of dihydropyridines is 1. The normalized spacial score (nSPS) is 22.4. The topological polar surface area (TPSA) is 29.1 Å². The lowest BCUT2D eigenvalue weighted by Gasteiger charge is -2.18. The maximum Gasteiger partial charge on any atom is 0.158 e. The van der Waals surface area contributed by atoms with E-state index in [-0.39, 0.29) is 11.8 Å². The zero-order valence-electron chi connectivity index (χ0n) is 7.85. The van der Waals surface area contributed by atoms with Crippen LogP contribution in [0.25, 0.3) is 0 Å². The van der Waals surface area contributed by atoms with Crippen LogP contribution in [0.4, 0.5) is 0 Å². The van der Waals surface area contributed by atoms with Gasteiger partial charge in [0.2, 0.25) is 0 Å². The number of ketones is 1. The highest BCUT2D eigenvalue weighted by Crippen LogP contribution is 2.13. The number of Topliss-reactive ketones (excluding diaryl/α,β-unsaturated/α-hetero) is 1. The molecule has 0 aliphatic carbocycles. The molecule has 1 aliphatic heterocycles. The Bertz CT molecular complexity index is 251. The van der Waals surface area contributed by atoms with Gasteiger partial charge in [-0.05, 0) is 25.0 Å². The van der Waals surface area contributed by atoms with E-state index in [2.05, 4.69) is 5.32 Å². The van der Waals surface area contributed by atoms with E-state index < -0.39 is 0 Å². The Hall–Kier alpha value is -1.05. The molecular formula is C10H15NO. The minimum Gasteiger partial charge on any atom is -0.378 e. The van der Waals surface area contributed by atoms with E-state index >= 15 is 0 Å². The zero-order valence-corrected chi connectivity index (χ0v) is 7.85. The van der Waals surface area contributed by atoms with Crippen molar-refractivity contribution in [2.75, 3.05) is 0 Å². The van der Waals surface area contributed by atoms with Gasteiger partial charge in [-0.3, -0.25) is 4.79 Å². The van der Waals surface area contributed by atoms with Crippen molar-refractivity contribution in [1.29, 1.82) is 0 Å². The molecule has 0 aromatic rings. The molecule has 66 valence electrons. The fourth-order valence-electron chi connectivity index (χ4n) is 1.16. The lowest BCUT2D eigenvalue weighted by molar-refractivity contribution is -0.119. The Balaban J connectivity index is 2.71. The monoisotopic (exact) mass is 165 g/mol. The fourth-order valence-corrected chi connectivity index (χ4v) is 1.16. The SMILES string of the molecule is CCC(=O)C1C=C(C)C(C)=CN1. The minimum atomic E-state index is -0.0984. The lowest BCUT2D eigenvalue weighted by Crippen LogP contribution is -2.33. The Kier molecular flexibility index (Phi) is 2.69. The molecule has 0 saturated carbocycles. The number of hydrogen-bond acceptors (Lipinski definition) is 2. The molecule has 1 heterocycles. The minimum absolute atomic E-state index is 0.0984. The molecule has 0 radical (unpaired) electrons. The van der Waals surface area contributed by atoms with Gasteiger partial charge in [-0.1, -0.05) is 13.0 Å². The number of rotatable bonds is 2. The quantitative estimate of drug-likeness (QED) is 0.675. The Morgan fingerprint density at radius 1 is 1.50 bits per heavy atom. The first-order valence-corrected chi connectivity index (χ1v) is 4.29. The van der Waals surface area contributed by atoms with Crippen molar-refractivity contribution >= 4 is 5.78 Å². The summed E-state index contributed by atoms with van der Waals surface area (Å²) in [5.41, 5.74) is 2.40. The van der Waals surface area contributed by atoms with Gasteiger partial charge < -0.3 is 5.32 Å². The summed E-state index contributed by atoms with van der Waals surface area (Å²) in [6, 6.07) is -0.0984. The largest absolute Gasteiger partial charge is 0.378 e. The van der Waals surface area contributed by atoms with Crippen molar-refractivity contribution in [2.45, 2.75) is 33.2 Å². The predicted molar refractivity (Wildman–Crippen MR) is 49.7 cm³/mol. The van der Waals surface area contributed by atoms with Crippen molar-refractivity contribution < 1.29 is 4.79 Å². The van der Waals surface area contributed by atoms with Gasteiger partial charge in [0.05, 0.1) is 0 Å². The van der Waals surface area contributed by atoms with Crippen LogP contribution in [-0.4, -0.2) is 11.8 Å². The first-order valence-electron chi connectivity index (χ1n) is 4.29. The summed E-state index contributed by atoms with van der Waals surface area (Å²) in [5, 5.41) is 3.06. The Morgan fingerprint density at radius 3 is 2.67 bits per heavy atom. The highest BCUT2D eigenvalue weighted by atomic mass is 16.1. The van der Waals surface area contributed by atoms with Crippen molar-refractivity contribution in [1.82, 2.24) is 5.32 Å². The number of allylic oxidation sites excluding steroid dienone is 2. The van der Waals surface area contributed by atoms with Gasteiger partial charge in [0.15, 0.2) is 5.78 Å². The van der Waals surface area contributed by atoms with Gasteiger partial charge in [0.1, 0.15) is 6.04 Å². The number of nitrogens with one attached hydrogen (secondary N) is 1. The highest BCUT2D eigenvalue weighted by Gasteiger charge is 2.15. The molecule has 1 atom stereocenters. The molecule has 1 aliphatic rings. The molecule has 2 nitrogen and oxygen atoms in total. The van der Waals surface area contributed by atoms with Crippen LogP contribution >= 0.6 is 0 Å². The van der Waals surface area contributed by atoms with Crippen molar-refractivity contribution in [2.24, 2.45) is 0 Å². The summed E-state index contributed by atoms with van der Waals surface area (Å²) in [6.07, 6.45) is 4.49. The second kappa shape index (κ2) is 3.57. The van der Waals surface area contributed by atoms with Crippen LogP contribution in [0.15, 0.2) is 23.4 Å². The Morgan fingerprint density at radius 2 is 2.17 bits per heavy atom. The van der Waals surface area contributed by atoms with E-state index in [0.717, 1.165) is 0 Å². The first-order chi connectivity index (χ1) is 5.65. The summed E-state index contributed by atoms with van der Waals surface area (Å²) in [6.45, 7) is 5.95. The van der Waals surface area contributed by atoms with Crippen LogP contribution in [-0.2, 0) is 4.79 Å². The molecule has 0 amide bonds. The van der Waals surface area contributed by atoms with Crippen molar-refractivity contribution in [3.63, 3.8) is 0 Å². The number of hydrogen-bond donors (Lipinski definition) is 1. The summed E-state index contributed by atoms with van der Waals surface area (Å²) in [7, 11) is 0. The zero-order chi connectivity index (χ0) is 9.14. The molecule has 1 rings (SSSR count). The molecule has 1 N–H and O–H groups in total. The average molecular weight is 165 g/mol. The van der Waals surface area contributed by atoms with Crippen molar-refractivity contribution in [3.05, 3.63) is 23.4 Å².